The van der Waals surface area contributed by atoms with Crippen molar-refractivity contribution in [2.24, 2.45) is 0 Å². The summed E-state index contributed by atoms with van der Waals surface area (Å²) in [6.07, 6.45) is 0. The quantitative estimate of drug-likeness (QED) is 0.809. The van der Waals surface area contributed by atoms with E-state index < -0.39 is 5.97 Å². The Bertz CT molecular complexity index is 682. The predicted molar refractivity (Wildman–Crippen MR) is 66.0 cm³/mol. The first-order valence-corrected chi connectivity index (χ1v) is 5.73. The van der Waals surface area contributed by atoms with E-state index in [0.29, 0.717) is 28.2 Å². The molecule has 0 saturated carbocycles. The number of rotatable bonds is 2. The van der Waals surface area contributed by atoms with Gasteiger partial charge in [-0.3, -0.25) is 9.89 Å². The number of hydrogen-bond acceptors (Lipinski definition) is 4. The van der Waals surface area contributed by atoms with Crippen LogP contribution in [-0.4, -0.2) is 27.2 Å². The third-order valence-electron chi connectivity index (χ3n) is 2.91. The molecule has 0 unspecified atom stereocenters. The third-order valence-corrected chi connectivity index (χ3v) is 2.91. The van der Waals surface area contributed by atoms with Gasteiger partial charge in [-0.2, -0.15) is 0 Å². The van der Waals surface area contributed by atoms with Crippen molar-refractivity contribution in [3.05, 3.63) is 32.9 Å². The Kier molecular flexibility index (Phi) is 2.94. The van der Waals surface area contributed by atoms with Gasteiger partial charge in [0.2, 0.25) is 0 Å². The Morgan fingerprint density at radius 3 is 2.67 bits per heavy atom. The van der Waals surface area contributed by atoms with Gasteiger partial charge in [0.05, 0.1) is 6.61 Å². The third kappa shape index (κ3) is 1.70. The highest BCUT2D eigenvalue weighted by Crippen LogP contribution is 2.14. The lowest BCUT2D eigenvalue weighted by Crippen LogP contribution is -2.20. The number of fused-ring (bicyclic) bond motifs is 1. The number of carbonyl (C=O) groups is 1. The summed E-state index contributed by atoms with van der Waals surface area (Å²) in [7, 11) is 0. The molecule has 0 spiro atoms. The van der Waals surface area contributed by atoms with Crippen molar-refractivity contribution in [3.8, 4) is 0 Å². The largest absolute Gasteiger partial charge is 0.462 e. The lowest BCUT2D eigenvalue weighted by molar-refractivity contribution is 0.0527. The molecule has 0 radical (unpaired) electrons. The van der Waals surface area contributed by atoms with Gasteiger partial charge in [-0.25, -0.2) is 14.3 Å². The van der Waals surface area contributed by atoms with E-state index in [2.05, 4.69) is 10.1 Å². The van der Waals surface area contributed by atoms with Gasteiger partial charge in [-0.15, -0.1) is 0 Å². The first kappa shape index (κ1) is 12.3. The molecule has 0 aliphatic carbocycles. The monoisotopic (exact) mass is 249 g/mol. The average Bonchev–Trinajstić information content (AvgIpc) is 2.63. The van der Waals surface area contributed by atoms with Crippen LogP contribution in [0.1, 0.15) is 34.2 Å². The van der Waals surface area contributed by atoms with Crippen molar-refractivity contribution in [1.29, 1.82) is 0 Å². The van der Waals surface area contributed by atoms with Crippen molar-refractivity contribution in [2.75, 3.05) is 6.61 Å². The van der Waals surface area contributed by atoms with E-state index in [1.807, 2.05) is 0 Å². The molecule has 0 aromatic carbocycles. The molecule has 6 nitrogen and oxygen atoms in total. The first-order chi connectivity index (χ1) is 8.47. The molecular weight excluding hydrogens is 234 g/mol. The minimum absolute atomic E-state index is 0.198. The molecule has 18 heavy (non-hydrogen) atoms. The van der Waals surface area contributed by atoms with Gasteiger partial charge in [-0.05, 0) is 27.7 Å². The number of nitrogens with one attached hydrogen (secondary N) is 1. The van der Waals surface area contributed by atoms with E-state index >= 15 is 0 Å². The summed E-state index contributed by atoms with van der Waals surface area (Å²) in [5, 5.41) is 2.84. The first-order valence-electron chi connectivity index (χ1n) is 5.73. The van der Waals surface area contributed by atoms with Crippen LogP contribution in [-0.2, 0) is 4.74 Å². The molecular formula is C12H15N3O3. The van der Waals surface area contributed by atoms with E-state index in [-0.39, 0.29) is 12.2 Å². The van der Waals surface area contributed by atoms with E-state index in [1.165, 1.54) is 4.52 Å². The zero-order valence-electron chi connectivity index (χ0n) is 10.8. The number of carbonyl (C=O) groups excluding carboxylic acids is 1. The van der Waals surface area contributed by atoms with Crippen LogP contribution >= 0.6 is 0 Å². The fraction of sp³-hybridized carbons (Fsp3) is 0.417. The predicted octanol–water partition coefficient (Wildman–Crippen LogP) is 1.12. The highest BCUT2D eigenvalue weighted by Gasteiger charge is 2.20. The molecule has 2 rings (SSSR count). The van der Waals surface area contributed by atoms with Crippen LogP contribution in [0.3, 0.4) is 0 Å². The van der Waals surface area contributed by atoms with Gasteiger partial charge in [-0.1, -0.05) is 0 Å². The van der Waals surface area contributed by atoms with Crippen molar-refractivity contribution in [3.63, 3.8) is 0 Å². The number of aryl methyl sites for hydroxylation is 2. The fourth-order valence-electron chi connectivity index (χ4n) is 1.82. The summed E-state index contributed by atoms with van der Waals surface area (Å²) in [5.74, 6) is -0.469. The summed E-state index contributed by atoms with van der Waals surface area (Å²) in [6, 6.07) is 0. The molecule has 0 fully saturated rings. The van der Waals surface area contributed by atoms with Gasteiger partial charge >= 0.3 is 5.97 Å². The van der Waals surface area contributed by atoms with Gasteiger partial charge in [0.15, 0.2) is 5.65 Å². The highest BCUT2D eigenvalue weighted by atomic mass is 16.5. The van der Waals surface area contributed by atoms with Crippen LogP contribution in [0.25, 0.3) is 5.65 Å². The number of aromatic nitrogens is 3. The molecule has 0 saturated heterocycles. The lowest BCUT2D eigenvalue weighted by atomic mass is 10.2. The molecule has 0 atom stereocenters. The molecule has 1 N–H and O–H groups in total. The molecule has 0 bridgehead atoms. The maximum Gasteiger partial charge on any atom is 0.343 e. The average molecular weight is 249 g/mol. The van der Waals surface area contributed by atoms with Crippen LogP contribution in [0.2, 0.25) is 0 Å². The van der Waals surface area contributed by atoms with Crippen molar-refractivity contribution < 1.29 is 9.53 Å². The minimum atomic E-state index is -0.469. The second kappa shape index (κ2) is 4.29. The van der Waals surface area contributed by atoms with Crippen molar-refractivity contribution in [1.82, 2.24) is 14.6 Å². The number of esters is 1. The molecule has 6 heteroatoms. The molecule has 2 heterocycles. The van der Waals surface area contributed by atoms with Gasteiger partial charge in [0, 0.05) is 17.0 Å². The highest BCUT2D eigenvalue weighted by molar-refractivity contribution is 5.97. The minimum Gasteiger partial charge on any atom is -0.462 e. The van der Waals surface area contributed by atoms with Crippen molar-refractivity contribution in [2.45, 2.75) is 27.7 Å². The number of H-pyrrole nitrogens is 1. The zero-order valence-corrected chi connectivity index (χ0v) is 10.8. The Morgan fingerprint density at radius 2 is 2.06 bits per heavy atom. The summed E-state index contributed by atoms with van der Waals surface area (Å²) in [4.78, 5) is 28.2. The van der Waals surface area contributed by atoms with E-state index in [4.69, 9.17) is 4.74 Å². The fourth-order valence-corrected chi connectivity index (χ4v) is 1.82. The van der Waals surface area contributed by atoms with Crippen LogP contribution < -0.4 is 5.56 Å². The van der Waals surface area contributed by atoms with Crippen LogP contribution in [0.4, 0.5) is 0 Å². The molecule has 0 aliphatic rings. The Labute approximate surface area is 104 Å². The van der Waals surface area contributed by atoms with Crippen LogP contribution in [0.5, 0.6) is 0 Å². The lowest BCUT2D eigenvalue weighted by Gasteiger charge is -2.02. The van der Waals surface area contributed by atoms with Crippen LogP contribution in [0, 0.1) is 20.8 Å². The molecule has 96 valence electrons. The molecule has 0 amide bonds. The van der Waals surface area contributed by atoms with Gasteiger partial charge < -0.3 is 4.74 Å². The summed E-state index contributed by atoms with van der Waals surface area (Å²) >= 11 is 0. The normalized spacial score (nSPS) is 10.9. The zero-order chi connectivity index (χ0) is 13.4. The number of aromatic amines is 1. The number of nitrogens with zero attached hydrogens (tertiary/aromatic N) is 2. The van der Waals surface area contributed by atoms with E-state index in [9.17, 15) is 9.59 Å². The number of ether oxygens (including phenoxy) is 1. The second-order valence-corrected chi connectivity index (χ2v) is 4.12. The topological polar surface area (TPSA) is 76.5 Å². The smallest absolute Gasteiger partial charge is 0.343 e. The second-order valence-electron chi connectivity index (χ2n) is 4.12. The Hall–Kier alpha value is -2.11. The standard InChI is InChI=1S/C12H15N3O3/c1-5-18-12(17)9-8(4)14-15-10(9)13-7(3)6(2)11(15)16/h14H,5H2,1-4H3. The Balaban J connectivity index is 2.80. The summed E-state index contributed by atoms with van der Waals surface area (Å²) < 4.78 is 6.25. The Morgan fingerprint density at radius 1 is 1.39 bits per heavy atom. The molecule has 2 aromatic heterocycles. The van der Waals surface area contributed by atoms with E-state index in [0.717, 1.165) is 0 Å². The SMILES string of the molecule is CCOC(=O)c1c(C)[nH]n2c(=O)c(C)c(C)nc12. The molecule has 2 aromatic rings. The number of hydrogen-bond donors (Lipinski definition) is 1. The van der Waals surface area contributed by atoms with Gasteiger partial charge in [0.25, 0.3) is 5.56 Å². The van der Waals surface area contributed by atoms with Crippen LogP contribution in [0.15, 0.2) is 4.79 Å². The summed E-state index contributed by atoms with van der Waals surface area (Å²) in [6.45, 7) is 7.18. The molecule has 0 aliphatic heterocycles. The summed E-state index contributed by atoms with van der Waals surface area (Å²) in [5.41, 5.74) is 2.18. The van der Waals surface area contributed by atoms with E-state index in [1.54, 1.807) is 27.7 Å². The van der Waals surface area contributed by atoms with Gasteiger partial charge in [0.1, 0.15) is 5.56 Å². The maximum atomic E-state index is 12.0. The van der Waals surface area contributed by atoms with Crippen molar-refractivity contribution >= 4 is 11.6 Å². The maximum absolute atomic E-state index is 12.0.